The molecular weight excluding hydrogens is 849 g/mol. The van der Waals surface area contributed by atoms with Gasteiger partial charge < -0.3 is 30.6 Å². The van der Waals surface area contributed by atoms with Gasteiger partial charge in [0, 0.05) is 0 Å². The number of carboxylic acids is 2. The summed E-state index contributed by atoms with van der Waals surface area (Å²) in [5.74, 6) is 1.67. The molecule has 0 aliphatic heterocycles. The predicted molar refractivity (Wildman–Crippen MR) is 268 cm³/mol. The van der Waals surface area contributed by atoms with Crippen LogP contribution in [0.25, 0.3) is 0 Å². The molecule has 10 aliphatic rings. The Bertz CT molecular complexity index is 2120. The van der Waals surface area contributed by atoms with Gasteiger partial charge in [-0.25, -0.2) is 0 Å². The van der Waals surface area contributed by atoms with Gasteiger partial charge in [-0.05, 0) is 205 Å². The van der Waals surface area contributed by atoms with Gasteiger partial charge in [0.05, 0.1) is 35.2 Å². The maximum Gasteiger partial charge on any atom is 0.310 e. The Kier molecular flexibility index (Phi) is 11.8. The van der Waals surface area contributed by atoms with Crippen LogP contribution in [0.2, 0.25) is 0 Å². The van der Waals surface area contributed by atoms with Gasteiger partial charge in [0.1, 0.15) is 0 Å². The van der Waals surface area contributed by atoms with Gasteiger partial charge in [0.15, 0.2) is 0 Å². The zero-order chi connectivity index (χ0) is 50.2. The van der Waals surface area contributed by atoms with E-state index in [-0.39, 0.29) is 60.6 Å². The van der Waals surface area contributed by atoms with Crippen LogP contribution in [0.5, 0.6) is 0 Å². The van der Waals surface area contributed by atoms with Gasteiger partial charge in [-0.3, -0.25) is 9.59 Å². The molecule has 0 aromatic rings. The minimum Gasteiger partial charge on any atom is -0.481 e. The van der Waals surface area contributed by atoms with Crippen LogP contribution in [0.3, 0.4) is 0 Å². The average Bonchev–Trinajstić information content (AvgIpc) is 3.23. The first kappa shape index (κ1) is 51.2. The van der Waals surface area contributed by atoms with Crippen LogP contribution < -0.4 is 0 Å². The molecule has 0 aromatic heterocycles. The largest absolute Gasteiger partial charge is 0.481 e. The van der Waals surface area contributed by atoms with Gasteiger partial charge in [0.2, 0.25) is 0 Å². The molecule has 10 aliphatic carbocycles. The number of carboxylic acid groups (broad SMARTS) is 2. The predicted octanol–water partition coefficient (Wildman–Crippen LogP) is 12.3. The number of allylic oxidation sites excluding steroid dienone is 4. The molecule has 0 radical (unpaired) electrons. The third-order valence-electron chi connectivity index (χ3n) is 26.4. The van der Waals surface area contributed by atoms with E-state index in [9.17, 15) is 40.2 Å². The van der Waals surface area contributed by atoms with Crippen molar-refractivity contribution in [1.82, 2.24) is 0 Å². The first-order chi connectivity index (χ1) is 31.2. The van der Waals surface area contributed by atoms with Gasteiger partial charge in [-0.1, -0.05) is 120 Å². The Labute approximate surface area is 411 Å². The van der Waals surface area contributed by atoms with Crippen molar-refractivity contribution in [3.8, 4) is 0 Å². The van der Waals surface area contributed by atoms with E-state index >= 15 is 0 Å². The molecule has 8 saturated carbocycles. The number of hydrogen-bond acceptors (Lipinski definition) is 6. The number of rotatable bonds is 2. The van der Waals surface area contributed by atoms with Gasteiger partial charge >= 0.3 is 11.9 Å². The summed E-state index contributed by atoms with van der Waals surface area (Å²) in [6.45, 7) is 32.6. The zero-order valence-corrected chi connectivity index (χ0v) is 45.1. The quantitative estimate of drug-likeness (QED) is 0.150. The Hall–Kier alpha value is -1.74. The number of carbonyl (C=O) groups is 2. The Balaban J connectivity index is 0.000000170. The summed E-state index contributed by atoms with van der Waals surface area (Å²) >= 11 is 0. The topological polar surface area (TPSA) is 156 Å². The molecule has 6 N–H and O–H groups in total. The molecule has 0 aromatic carbocycles. The van der Waals surface area contributed by atoms with Crippen molar-refractivity contribution in [2.75, 3.05) is 0 Å². The van der Waals surface area contributed by atoms with Crippen molar-refractivity contribution in [1.29, 1.82) is 0 Å². The molecule has 0 bridgehead atoms. The summed E-state index contributed by atoms with van der Waals surface area (Å²) in [5, 5.41) is 64.8. The van der Waals surface area contributed by atoms with Gasteiger partial charge in [-0.2, -0.15) is 0 Å². The molecule has 68 heavy (non-hydrogen) atoms. The highest BCUT2D eigenvalue weighted by Gasteiger charge is 2.72. The minimum atomic E-state index is -0.679. The van der Waals surface area contributed by atoms with Crippen LogP contribution in [-0.2, 0) is 9.59 Å². The van der Waals surface area contributed by atoms with Crippen molar-refractivity contribution in [3.05, 3.63) is 23.3 Å². The summed E-state index contributed by atoms with van der Waals surface area (Å²) < 4.78 is 0. The molecule has 0 unspecified atom stereocenters. The Morgan fingerprint density at radius 2 is 0.926 bits per heavy atom. The maximum atomic E-state index is 12.8. The van der Waals surface area contributed by atoms with E-state index in [0.29, 0.717) is 48.3 Å². The zero-order valence-electron chi connectivity index (χ0n) is 45.1. The third-order valence-corrected chi connectivity index (χ3v) is 26.4. The highest BCUT2D eigenvalue weighted by atomic mass is 16.4. The van der Waals surface area contributed by atoms with Crippen molar-refractivity contribution < 1.29 is 40.2 Å². The lowest BCUT2D eigenvalue weighted by molar-refractivity contribution is -0.232. The second-order valence-corrected chi connectivity index (χ2v) is 29.9. The van der Waals surface area contributed by atoms with Crippen LogP contribution in [0, 0.1) is 107 Å². The maximum absolute atomic E-state index is 12.8. The molecule has 384 valence electrons. The summed E-state index contributed by atoms with van der Waals surface area (Å²) in [6.07, 6.45) is 18.0. The van der Waals surface area contributed by atoms with E-state index in [2.05, 4.69) is 109 Å². The normalized spacial score (nSPS) is 54.9. The number of aliphatic hydroxyl groups excluding tert-OH is 4. The monoisotopic (exact) mass is 945 g/mol. The summed E-state index contributed by atoms with van der Waals surface area (Å²) in [4.78, 5) is 25.6. The highest BCUT2D eigenvalue weighted by molar-refractivity contribution is 5.77. The first-order valence-corrected chi connectivity index (χ1v) is 27.8. The summed E-state index contributed by atoms with van der Waals surface area (Å²) in [6, 6.07) is 0. The summed E-state index contributed by atoms with van der Waals surface area (Å²) in [5.41, 5.74) is 1.33. The number of fused-ring (bicyclic) bond motifs is 14. The lowest BCUT2D eigenvalue weighted by atomic mass is 9.33. The standard InChI is InChI=1S/2C30H48O4/c1-17-10-13-30(25(33)34)15-14-28(6)19(23(30)18(17)2)8-9-22-27(5)16-20(31)24(32)26(3,4)21(27)11-12-29(22,28)7;1-25(2)12-14-30(24(33)34)15-13-28(6)18(19(30)16-25)8-9-22-27(5)17-20(31)23(32)26(3,4)21(27)10-11-29(22,28)7/h8,17-18,20-24,31-32H,9-16H2,1-7H3,(H,33,34);8,19-23,31-32H,9-17H2,1-7H3,(H,33,34)/t17-,18+,20-,21+,22-,23+,24+,27+,28-,29-,30+;19-,20+,21-,22+,23-,27-,28+,29+,30-/m10/s1. The smallest absolute Gasteiger partial charge is 0.310 e. The van der Waals surface area contributed by atoms with Crippen molar-refractivity contribution >= 4 is 11.9 Å². The Morgan fingerprint density at radius 3 is 1.40 bits per heavy atom. The lowest BCUT2D eigenvalue weighted by Crippen LogP contribution is -2.67. The van der Waals surface area contributed by atoms with Crippen LogP contribution >= 0.6 is 0 Å². The highest BCUT2D eigenvalue weighted by Crippen LogP contribution is 2.78. The molecule has 8 fully saturated rings. The van der Waals surface area contributed by atoms with Crippen LogP contribution in [0.1, 0.15) is 206 Å². The third kappa shape index (κ3) is 6.41. The Morgan fingerprint density at radius 1 is 0.500 bits per heavy atom. The fourth-order valence-corrected chi connectivity index (χ4v) is 21.8. The van der Waals surface area contributed by atoms with E-state index in [0.717, 1.165) is 96.3 Å². The molecule has 0 saturated heterocycles. The van der Waals surface area contributed by atoms with Gasteiger partial charge in [-0.15, -0.1) is 0 Å². The lowest BCUT2D eigenvalue weighted by Gasteiger charge is -2.71. The molecule has 8 nitrogen and oxygen atoms in total. The van der Waals surface area contributed by atoms with Crippen molar-refractivity contribution in [3.63, 3.8) is 0 Å². The molecule has 10 rings (SSSR count). The average molecular weight is 945 g/mol. The van der Waals surface area contributed by atoms with Gasteiger partial charge in [0.25, 0.3) is 0 Å². The fraction of sp³-hybridized carbons (Fsp3) is 0.900. The minimum absolute atomic E-state index is 0.00785. The second kappa shape index (κ2) is 15.6. The molecule has 8 heteroatoms. The number of aliphatic carboxylic acids is 2. The molecular formula is C60H96O8. The number of aliphatic hydroxyl groups is 4. The molecule has 0 heterocycles. The SMILES string of the molecule is CC1(C)CC[C@]2(C(=O)O)CC[C@]3(C)C(=CC[C@@H]4[C@@]5(C)C[C@@H](O)[C@H](O)C(C)(C)[C@@H]5CC[C@]43C)[C@@H]2C1.C[C@H]1[C@H](C)CC[C@]2(C(=O)O)CC[C@]3(C)C(=CC[C@@H]4[C@@]5(C)C[C@@H](O)[C@H](O)C(C)(C)[C@@H]5CC[C@]43C)[C@H]12. The summed E-state index contributed by atoms with van der Waals surface area (Å²) in [7, 11) is 0. The van der Waals surface area contributed by atoms with Crippen molar-refractivity contribution in [2.45, 2.75) is 231 Å². The molecule has 0 spiro atoms. The fourth-order valence-electron chi connectivity index (χ4n) is 21.8. The molecule has 0 amide bonds. The van der Waals surface area contributed by atoms with Crippen LogP contribution in [-0.4, -0.2) is 67.0 Å². The van der Waals surface area contributed by atoms with E-state index in [1.165, 1.54) is 11.1 Å². The number of hydrogen-bond donors (Lipinski definition) is 6. The molecule has 20 atom stereocenters. The van der Waals surface area contributed by atoms with E-state index in [1.54, 1.807) is 0 Å². The van der Waals surface area contributed by atoms with E-state index < -0.39 is 47.2 Å². The van der Waals surface area contributed by atoms with Crippen LogP contribution in [0.4, 0.5) is 0 Å². The second-order valence-electron chi connectivity index (χ2n) is 29.9. The first-order valence-electron chi connectivity index (χ1n) is 27.8. The van der Waals surface area contributed by atoms with Crippen molar-refractivity contribution in [2.24, 2.45) is 107 Å². The van der Waals surface area contributed by atoms with E-state index in [1.807, 2.05) is 0 Å². The van der Waals surface area contributed by atoms with Crippen LogP contribution in [0.15, 0.2) is 23.3 Å². The van der Waals surface area contributed by atoms with E-state index in [4.69, 9.17) is 0 Å².